The van der Waals surface area contributed by atoms with E-state index in [1.807, 2.05) is 0 Å². The van der Waals surface area contributed by atoms with E-state index in [4.69, 9.17) is 4.99 Å². The molecule has 58 heavy (non-hydrogen) atoms. The molecule has 1 spiro atoms. The SMILES string of the molecule is C1=C(c2ccccc2)C=C(c2ccccc2)C2=NC(c3ccc(-c4ccc5c(c4)C4(c6ccccc6-5)c5ccccc5N(c5ccccc5)c5ccccc54)cc3)N12. The minimum Gasteiger partial charge on any atom is -0.310 e. The molecule has 0 N–H and O–H groups in total. The van der Waals surface area contributed by atoms with Gasteiger partial charge in [0, 0.05) is 17.5 Å². The van der Waals surface area contributed by atoms with Crippen LogP contribution in [0.2, 0.25) is 0 Å². The fourth-order valence-electron chi connectivity index (χ4n) is 9.89. The van der Waals surface area contributed by atoms with Gasteiger partial charge in [-0.15, -0.1) is 0 Å². The van der Waals surface area contributed by atoms with E-state index in [0.717, 1.165) is 17.1 Å². The molecular formula is C55H37N3. The predicted octanol–water partition coefficient (Wildman–Crippen LogP) is 13.4. The van der Waals surface area contributed by atoms with Crippen LogP contribution in [-0.2, 0) is 5.41 Å². The van der Waals surface area contributed by atoms with Gasteiger partial charge in [-0.3, -0.25) is 0 Å². The molecule has 4 aliphatic rings. The second-order valence-corrected chi connectivity index (χ2v) is 15.5. The van der Waals surface area contributed by atoms with Gasteiger partial charge in [0.15, 0.2) is 6.17 Å². The van der Waals surface area contributed by atoms with Crippen LogP contribution >= 0.6 is 0 Å². The van der Waals surface area contributed by atoms with Gasteiger partial charge in [0.05, 0.1) is 16.8 Å². The first kappa shape index (κ1) is 32.7. The number of hydrogen-bond acceptors (Lipinski definition) is 3. The number of aliphatic imine (C=N–C) groups is 1. The van der Waals surface area contributed by atoms with Crippen molar-refractivity contribution in [1.29, 1.82) is 0 Å². The lowest BCUT2D eigenvalue weighted by Crippen LogP contribution is -2.41. The van der Waals surface area contributed by atoms with Crippen LogP contribution in [0.4, 0.5) is 17.1 Å². The normalized spacial score (nSPS) is 16.5. The summed E-state index contributed by atoms with van der Waals surface area (Å²) in [5.74, 6) is 1.02. The number of rotatable bonds is 5. The smallest absolute Gasteiger partial charge is 0.154 e. The highest BCUT2D eigenvalue weighted by Gasteiger charge is 2.51. The van der Waals surface area contributed by atoms with Gasteiger partial charge >= 0.3 is 0 Å². The highest BCUT2D eigenvalue weighted by molar-refractivity contribution is 6.28. The van der Waals surface area contributed by atoms with Gasteiger partial charge in [-0.25, -0.2) is 4.99 Å². The van der Waals surface area contributed by atoms with Crippen LogP contribution in [0, 0.1) is 0 Å². The summed E-state index contributed by atoms with van der Waals surface area (Å²) in [7, 11) is 0. The van der Waals surface area contributed by atoms with Crippen LogP contribution in [-0.4, -0.2) is 10.7 Å². The van der Waals surface area contributed by atoms with Gasteiger partial charge in [-0.2, -0.15) is 0 Å². The number of allylic oxidation sites excluding steroid dienone is 2. The number of hydrogen-bond donors (Lipinski definition) is 0. The standard InChI is InChI=1S/C55H37N3/c1-4-16-37(17-5-1)42-34-46(39-18-6-2-7-19-39)54-56-53(57(54)36-42)40-30-28-38(29-31-40)41-32-33-45-44-22-10-11-23-47(44)55(50(45)35-41)48-24-12-14-26-51(48)58(43-20-8-3-9-21-43)52-27-15-13-25-49(52)55/h1-36,53H. The first-order valence-electron chi connectivity index (χ1n) is 20.1. The Hall–Kier alpha value is -7.49. The van der Waals surface area contributed by atoms with E-state index < -0.39 is 5.41 Å². The van der Waals surface area contributed by atoms with Gasteiger partial charge in [0.2, 0.25) is 0 Å². The van der Waals surface area contributed by atoms with Gasteiger partial charge in [-0.05, 0) is 103 Å². The maximum atomic E-state index is 5.23. The fraction of sp³-hybridized carbons (Fsp3) is 0.0364. The second kappa shape index (κ2) is 12.8. The van der Waals surface area contributed by atoms with Gasteiger partial charge in [0.1, 0.15) is 5.84 Å². The molecule has 272 valence electrons. The van der Waals surface area contributed by atoms with Crippen molar-refractivity contribution >= 4 is 34.0 Å². The summed E-state index contributed by atoms with van der Waals surface area (Å²) in [5, 5.41) is 0. The highest BCUT2D eigenvalue weighted by Crippen LogP contribution is 2.63. The topological polar surface area (TPSA) is 18.8 Å². The molecule has 8 aromatic rings. The zero-order chi connectivity index (χ0) is 38.2. The predicted molar refractivity (Wildman–Crippen MR) is 238 cm³/mol. The molecule has 0 saturated heterocycles. The fourth-order valence-corrected chi connectivity index (χ4v) is 9.89. The Morgan fingerprint density at radius 2 is 0.983 bits per heavy atom. The van der Waals surface area contributed by atoms with Crippen molar-refractivity contribution in [2.24, 2.45) is 4.99 Å². The van der Waals surface area contributed by atoms with Crippen molar-refractivity contribution in [1.82, 2.24) is 4.90 Å². The van der Waals surface area contributed by atoms with Crippen molar-refractivity contribution in [3.8, 4) is 22.3 Å². The molecule has 1 aliphatic carbocycles. The van der Waals surface area contributed by atoms with E-state index in [2.05, 4.69) is 228 Å². The number of para-hydroxylation sites is 3. The Bertz CT molecular complexity index is 2950. The summed E-state index contributed by atoms with van der Waals surface area (Å²) in [4.78, 5) is 10.0. The quantitative estimate of drug-likeness (QED) is 0.175. The number of fused-ring (bicyclic) bond motifs is 10. The summed E-state index contributed by atoms with van der Waals surface area (Å²) < 4.78 is 0. The van der Waals surface area contributed by atoms with Crippen LogP contribution in [0.15, 0.2) is 224 Å². The van der Waals surface area contributed by atoms with Crippen molar-refractivity contribution in [3.63, 3.8) is 0 Å². The zero-order valence-electron chi connectivity index (χ0n) is 31.7. The van der Waals surface area contributed by atoms with Crippen LogP contribution in [0.1, 0.15) is 45.1 Å². The van der Waals surface area contributed by atoms with Crippen LogP contribution in [0.3, 0.4) is 0 Å². The molecule has 0 fully saturated rings. The van der Waals surface area contributed by atoms with Gasteiger partial charge < -0.3 is 9.80 Å². The molecule has 1 unspecified atom stereocenters. The lowest BCUT2D eigenvalue weighted by molar-refractivity contribution is 0.370. The Balaban J connectivity index is 0.965. The van der Waals surface area contributed by atoms with E-state index in [0.29, 0.717) is 0 Å². The molecule has 0 amide bonds. The van der Waals surface area contributed by atoms with Crippen LogP contribution < -0.4 is 4.90 Å². The molecular weight excluding hydrogens is 703 g/mol. The first-order chi connectivity index (χ1) is 28.8. The molecule has 12 rings (SSSR count). The lowest BCUT2D eigenvalue weighted by atomic mass is 9.64. The average Bonchev–Trinajstić information content (AvgIpc) is 3.58. The minimum atomic E-state index is -0.488. The van der Waals surface area contributed by atoms with Gasteiger partial charge in [0.25, 0.3) is 0 Å². The summed E-state index contributed by atoms with van der Waals surface area (Å²) in [5.41, 5.74) is 19.2. The molecule has 1 atom stereocenters. The van der Waals surface area contributed by atoms with E-state index in [1.54, 1.807) is 0 Å². The Labute approximate surface area is 338 Å². The molecule has 0 bridgehead atoms. The van der Waals surface area contributed by atoms with E-state index in [1.165, 1.54) is 78.1 Å². The third kappa shape index (κ3) is 4.71. The van der Waals surface area contributed by atoms with Crippen LogP contribution in [0.5, 0.6) is 0 Å². The summed E-state index contributed by atoms with van der Waals surface area (Å²) in [6.07, 6.45) is 4.45. The zero-order valence-corrected chi connectivity index (χ0v) is 31.7. The highest BCUT2D eigenvalue weighted by atomic mass is 15.4. The maximum Gasteiger partial charge on any atom is 0.154 e. The molecule has 3 heterocycles. The molecule has 3 heteroatoms. The van der Waals surface area contributed by atoms with Crippen molar-refractivity contribution in [2.45, 2.75) is 11.6 Å². The second-order valence-electron chi connectivity index (χ2n) is 15.5. The monoisotopic (exact) mass is 739 g/mol. The van der Waals surface area contributed by atoms with Crippen molar-refractivity contribution in [2.75, 3.05) is 4.90 Å². The van der Waals surface area contributed by atoms with Crippen molar-refractivity contribution < 1.29 is 0 Å². The first-order valence-corrected chi connectivity index (χ1v) is 20.1. The lowest BCUT2D eigenvalue weighted by Gasteiger charge is -2.45. The van der Waals surface area contributed by atoms with E-state index in [-0.39, 0.29) is 6.17 Å². The molecule has 3 nitrogen and oxygen atoms in total. The average molecular weight is 740 g/mol. The molecule has 0 saturated carbocycles. The largest absolute Gasteiger partial charge is 0.310 e. The number of benzene rings is 8. The third-order valence-electron chi connectivity index (χ3n) is 12.5. The molecule has 0 radical (unpaired) electrons. The molecule has 0 aromatic heterocycles. The third-order valence-corrected chi connectivity index (χ3v) is 12.5. The van der Waals surface area contributed by atoms with E-state index in [9.17, 15) is 0 Å². The Morgan fingerprint density at radius 3 is 1.67 bits per heavy atom. The minimum absolute atomic E-state index is 0.0873. The van der Waals surface area contributed by atoms with Crippen molar-refractivity contribution in [3.05, 3.63) is 257 Å². The summed E-state index contributed by atoms with van der Waals surface area (Å²) in [6.45, 7) is 0. The summed E-state index contributed by atoms with van der Waals surface area (Å²) >= 11 is 0. The molecule has 8 aromatic carbocycles. The number of anilines is 3. The Morgan fingerprint density at radius 1 is 0.431 bits per heavy atom. The molecule has 3 aliphatic heterocycles. The summed E-state index contributed by atoms with van der Waals surface area (Å²) in [6, 6.07) is 75.3. The Kier molecular flexibility index (Phi) is 7.21. The van der Waals surface area contributed by atoms with E-state index >= 15 is 0 Å². The maximum absolute atomic E-state index is 5.23. The number of amidine groups is 1. The van der Waals surface area contributed by atoms with Crippen LogP contribution in [0.25, 0.3) is 33.4 Å². The van der Waals surface area contributed by atoms with Gasteiger partial charge in [-0.1, -0.05) is 176 Å². The number of nitrogens with zero attached hydrogens (tertiary/aromatic N) is 3.